The first kappa shape index (κ1) is 28.2. The van der Waals surface area contributed by atoms with Crippen molar-refractivity contribution in [3.05, 3.63) is 52.5 Å². The van der Waals surface area contributed by atoms with Crippen LogP contribution in [0.15, 0.2) is 41.9 Å². The van der Waals surface area contributed by atoms with Crippen LogP contribution in [-0.2, 0) is 11.1 Å². The smallest absolute Gasteiger partial charge is 0.376 e. The average molecular weight is 576 g/mol. The van der Waals surface area contributed by atoms with E-state index in [-0.39, 0.29) is 12.1 Å². The van der Waals surface area contributed by atoms with Crippen molar-refractivity contribution in [3.8, 4) is 17.0 Å². The first-order valence-electron chi connectivity index (χ1n) is 12.6. The first-order chi connectivity index (χ1) is 18.2. The molecule has 0 aliphatic rings. The van der Waals surface area contributed by atoms with Crippen LogP contribution in [0, 0.1) is 5.92 Å². The van der Waals surface area contributed by atoms with E-state index in [1.165, 1.54) is 17.7 Å². The van der Waals surface area contributed by atoms with Crippen LogP contribution < -0.4 is 9.84 Å². The van der Waals surface area contributed by atoms with Crippen LogP contribution in [-0.4, -0.2) is 36.1 Å². The normalized spacial score (nSPS) is 13.1. The molecule has 2 N–H and O–H groups in total. The Labute approximate surface area is 230 Å². The molecule has 1 atom stereocenters. The average Bonchev–Trinajstić information content (AvgIpc) is 3.50. The van der Waals surface area contributed by atoms with Gasteiger partial charge in [-0.05, 0) is 60.6 Å². The van der Waals surface area contributed by atoms with E-state index < -0.39 is 7.60 Å². The van der Waals surface area contributed by atoms with E-state index in [4.69, 9.17) is 21.1 Å². The van der Waals surface area contributed by atoms with E-state index in [0.29, 0.717) is 57.8 Å². The zero-order valence-corrected chi connectivity index (χ0v) is 24.0. The van der Waals surface area contributed by atoms with Crippen LogP contribution in [0.1, 0.15) is 56.8 Å². The van der Waals surface area contributed by atoms with Gasteiger partial charge in [0, 0.05) is 17.5 Å². The predicted octanol–water partition coefficient (Wildman–Crippen LogP) is 7.26. The molecule has 0 bridgehead atoms. The molecule has 1 amide bonds. The molecule has 9 nitrogen and oxygen atoms in total. The molecule has 0 spiro atoms. The molecule has 0 saturated heterocycles. The van der Waals surface area contributed by atoms with Gasteiger partial charge >= 0.3 is 7.60 Å². The second-order valence-corrected chi connectivity index (χ2v) is 12.5. The minimum absolute atomic E-state index is 0.0851. The number of amides is 1. The molecule has 0 aliphatic carbocycles. The highest BCUT2D eigenvalue weighted by Gasteiger charge is 2.21. The highest BCUT2D eigenvalue weighted by Crippen LogP contribution is 2.43. The summed E-state index contributed by atoms with van der Waals surface area (Å²) in [5.41, 5.74) is 2.32. The van der Waals surface area contributed by atoms with Gasteiger partial charge in [-0.2, -0.15) is 5.10 Å². The summed E-state index contributed by atoms with van der Waals surface area (Å²) in [7, 11) is -3.69. The van der Waals surface area contributed by atoms with Gasteiger partial charge in [0.1, 0.15) is 5.75 Å². The lowest BCUT2D eigenvalue weighted by molar-refractivity contribution is 0.102. The van der Waals surface area contributed by atoms with Gasteiger partial charge in [0.05, 0.1) is 34.0 Å². The minimum Gasteiger partial charge on any atom is -0.424 e. The van der Waals surface area contributed by atoms with Gasteiger partial charge in [-0.1, -0.05) is 45.2 Å². The third kappa shape index (κ3) is 6.99. The summed E-state index contributed by atoms with van der Waals surface area (Å²) < 4.78 is 23.2. The Morgan fingerprint density at radius 1 is 1.26 bits per heavy atom. The highest BCUT2D eigenvalue weighted by molar-refractivity contribution is 7.53. The van der Waals surface area contributed by atoms with Crippen molar-refractivity contribution in [1.29, 1.82) is 0 Å². The van der Waals surface area contributed by atoms with E-state index in [2.05, 4.69) is 28.6 Å². The van der Waals surface area contributed by atoms with Crippen molar-refractivity contribution in [1.82, 2.24) is 19.1 Å². The van der Waals surface area contributed by atoms with E-state index >= 15 is 0 Å². The summed E-state index contributed by atoms with van der Waals surface area (Å²) in [6, 6.07) is 8.50. The highest BCUT2D eigenvalue weighted by atomic mass is 35.5. The number of halogens is 1. The van der Waals surface area contributed by atoms with Crippen LogP contribution in [0.25, 0.3) is 22.3 Å². The number of pyridine rings is 1. The number of nitrogens with one attached hydrogen (secondary N) is 1. The standard InChI is InChI=1S/C26H31ClN5O4PS/c1-4-13-37(34,35)36-20-10-8-18(9-11-20)23-22(27)14-21-24(30-26(33)19-15-28-38-16-19)31-32(25(21)29-23)12-6-5-7-17(2)3/h8-11,14-17H,4-7,12-13H2,1-3H3,(H,34,35)(H,30,31,33). The number of anilines is 1. The molecule has 38 heavy (non-hydrogen) atoms. The number of rotatable bonds is 12. The number of carbonyl (C=O) groups is 1. The maximum Gasteiger partial charge on any atom is 0.376 e. The number of carbonyl (C=O) groups excluding carboxylic acids is 1. The molecule has 0 radical (unpaired) electrons. The maximum atomic E-state index is 12.7. The largest absolute Gasteiger partial charge is 0.424 e. The molecule has 4 aromatic rings. The second-order valence-electron chi connectivity index (χ2n) is 9.50. The number of nitrogens with zero attached hydrogens (tertiary/aromatic N) is 4. The van der Waals surface area contributed by atoms with Gasteiger partial charge in [0.2, 0.25) is 0 Å². The van der Waals surface area contributed by atoms with Crippen LogP contribution in [0.2, 0.25) is 5.02 Å². The summed E-state index contributed by atoms with van der Waals surface area (Å²) in [6.07, 6.45) is 5.23. The second kappa shape index (κ2) is 12.4. The number of aryl methyl sites for hydroxylation is 1. The summed E-state index contributed by atoms with van der Waals surface area (Å²) in [5, 5.41) is 10.2. The molecule has 202 valence electrons. The number of unbranched alkanes of at least 4 members (excludes halogenated alkanes) is 1. The molecule has 12 heteroatoms. The van der Waals surface area contributed by atoms with Crippen molar-refractivity contribution in [2.75, 3.05) is 11.5 Å². The Morgan fingerprint density at radius 3 is 2.68 bits per heavy atom. The molecule has 1 unspecified atom stereocenters. The number of benzene rings is 1. The van der Waals surface area contributed by atoms with Crippen LogP contribution in [0.5, 0.6) is 5.75 Å². The Balaban J connectivity index is 1.66. The molecular formula is C26H31ClN5O4PS. The lowest BCUT2D eigenvalue weighted by atomic mass is 10.1. The van der Waals surface area contributed by atoms with Crippen molar-refractivity contribution in [2.24, 2.45) is 5.92 Å². The van der Waals surface area contributed by atoms with E-state index in [9.17, 15) is 14.3 Å². The first-order valence-corrected chi connectivity index (χ1v) is 15.5. The van der Waals surface area contributed by atoms with E-state index in [1.807, 2.05) is 6.92 Å². The molecule has 0 aliphatic heterocycles. The summed E-state index contributed by atoms with van der Waals surface area (Å²) in [5.74, 6) is 1.01. The number of aromatic nitrogens is 4. The fourth-order valence-corrected chi connectivity index (χ4v) is 5.89. The van der Waals surface area contributed by atoms with E-state index in [0.717, 1.165) is 24.8 Å². The van der Waals surface area contributed by atoms with E-state index in [1.54, 1.807) is 40.4 Å². The lowest BCUT2D eigenvalue weighted by Crippen LogP contribution is -2.12. The van der Waals surface area contributed by atoms with Crippen LogP contribution >= 0.6 is 30.7 Å². The molecule has 3 heterocycles. The Hall–Kier alpha value is -2.78. The molecule has 0 saturated carbocycles. The van der Waals surface area contributed by atoms with Crippen LogP contribution in [0.3, 0.4) is 0 Å². The van der Waals surface area contributed by atoms with Gasteiger partial charge in [-0.25, -0.2) is 18.6 Å². The topological polar surface area (TPSA) is 119 Å². The maximum absolute atomic E-state index is 12.7. The van der Waals surface area contributed by atoms with Gasteiger partial charge in [-0.3, -0.25) is 4.79 Å². The molecule has 3 aromatic heterocycles. The van der Waals surface area contributed by atoms with Crippen molar-refractivity contribution < 1.29 is 18.8 Å². The molecular weight excluding hydrogens is 545 g/mol. The van der Waals surface area contributed by atoms with Crippen LogP contribution in [0.4, 0.5) is 5.82 Å². The quantitative estimate of drug-likeness (QED) is 0.135. The van der Waals surface area contributed by atoms with Gasteiger partial charge in [0.15, 0.2) is 11.5 Å². The third-order valence-corrected chi connectivity index (χ3v) is 8.27. The number of hydrogen-bond acceptors (Lipinski definition) is 7. The monoisotopic (exact) mass is 575 g/mol. The molecule has 0 fully saturated rings. The SMILES string of the molecule is CCCP(=O)(O)Oc1ccc(-c2nc3c(cc2Cl)c(NC(=O)c2cnsc2)nn3CCCCC(C)C)cc1. The zero-order valence-electron chi connectivity index (χ0n) is 21.6. The van der Waals surface area contributed by atoms with Crippen molar-refractivity contribution in [3.63, 3.8) is 0 Å². The summed E-state index contributed by atoms with van der Waals surface area (Å²) in [6.45, 7) is 6.87. The van der Waals surface area contributed by atoms with Gasteiger partial charge in [0.25, 0.3) is 5.91 Å². The van der Waals surface area contributed by atoms with Crippen molar-refractivity contribution in [2.45, 2.75) is 53.0 Å². The summed E-state index contributed by atoms with van der Waals surface area (Å²) in [4.78, 5) is 27.5. The summed E-state index contributed by atoms with van der Waals surface area (Å²) >= 11 is 7.87. The van der Waals surface area contributed by atoms with Crippen molar-refractivity contribution >= 4 is 53.5 Å². The minimum atomic E-state index is -3.69. The Bertz CT molecular complexity index is 1440. The fraction of sp³-hybridized carbons (Fsp3) is 0.385. The lowest BCUT2D eigenvalue weighted by Gasteiger charge is -2.13. The van der Waals surface area contributed by atoms with Gasteiger partial charge in [-0.15, -0.1) is 0 Å². The number of fused-ring (bicyclic) bond motifs is 1. The number of hydrogen-bond donors (Lipinski definition) is 2. The fourth-order valence-electron chi connectivity index (χ4n) is 4.00. The predicted molar refractivity (Wildman–Crippen MR) is 152 cm³/mol. The Kier molecular flexibility index (Phi) is 9.20. The zero-order chi connectivity index (χ0) is 27.3. The molecule has 4 rings (SSSR count). The third-order valence-electron chi connectivity index (χ3n) is 5.89. The van der Waals surface area contributed by atoms with Gasteiger partial charge < -0.3 is 14.7 Å². The Morgan fingerprint density at radius 2 is 2.03 bits per heavy atom. The molecule has 1 aromatic carbocycles.